The van der Waals surface area contributed by atoms with E-state index in [4.69, 9.17) is 4.42 Å². The minimum atomic E-state index is -0.839. The Kier molecular flexibility index (Phi) is 5.08. The number of nitrogens with zero attached hydrogens (tertiary/aromatic N) is 2. The smallest absolute Gasteiger partial charge is 0.349 e. The van der Waals surface area contributed by atoms with Crippen molar-refractivity contribution in [3.8, 4) is 0 Å². The average molecular weight is 418 g/mol. The third-order valence-electron chi connectivity index (χ3n) is 4.71. The quantitative estimate of drug-likeness (QED) is 0.388. The van der Waals surface area contributed by atoms with Crippen molar-refractivity contribution in [2.45, 2.75) is 19.9 Å². The van der Waals surface area contributed by atoms with Gasteiger partial charge in [-0.2, -0.15) is 5.10 Å². The summed E-state index contributed by atoms with van der Waals surface area (Å²) in [5.41, 5.74) is 3.36. The Morgan fingerprint density at radius 1 is 0.935 bits per heavy atom. The van der Waals surface area contributed by atoms with E-state index in [9.17, 15) is 19.2 Å². The van der Waals surface area contributed by atoms with Gasteiger partial charge in [0, 0.05) is 10.8 Å². The predicted molar refractivity (Wildman–Crippen MR) is 114 cm³/mol. The number of rotatable bonds is 3. The van der Waals surface area contributed by atoms with E-state index >= 15 is 0 Å². The largest absolute Gasteiger partial charge is 0.422 e. The van der Waals surface area contributed by atoms with Crippen LogP contribution in [0.3, 0.4) is 0 Å². The van der Waals surface area contributed by atoms with Gasteiger partial charge in [-0.15, -0.1) is 0 Å². The summed E-state index contributed by atoms with van der Waals surface area (Å²) in [4.78, 5) is 50.0. The first-order valence-electron chi connectivity index (χ1n) is 9.52. The van der Waals surface area contributed by atoms with Crippen LogP contribution in [0.5, 0.6) is 0 Å². The number of hydrazine groups is 1. The molecule has 0 aliphatic rings. The van der Waals surface area contributed by atoms with E-state index in [1.807, 2.05) is 0 Å². The molecule has 2 amide bonds. The molecule has 0 fully saturated rings. The standard InChI is InChI=1S/C22H18N4O5/c1-12(2)26-21(29)15-9-5-4-8-14(15)18(25-26)20(28)24-23-19(27)16-11-13-7-3-6-10-17(13)31-22(16)30/h3-12H,1-2H3,(H,23,27)(H,24,28). The van der Waals surface area contributed by atoms with Crippen LogP contribution in [0.4, 0.5) is 0 Å². The topological polar surface area (TPSA) is 123 Å². The zero-order valence-electron chi connectivity index (χ0n) is 16.7. The van der Waals surface area contributed by atoms with Gasteiger partial charge in [0.05, 0.1) is 11.4 Å². The highest BCUT2D eigenvalue weighted by molar-refractivity contribution is 6.06. The molecule has 0 aliphatic carbocycles. The summed E-state index contributed by atoms with van der Waals surface area (Å²) >= 11 is 0. The second-order valence-electron chi connectivity index (χ2n) is 7.13. The molecule has 0 radical (unpaired) electrons. The summed E-state index contributed by atoms with van der Waals surface area (Å²) in [7, 11) is 0. The fourth-order valence-electron chi connectivity index (χ4n) is 3.18. The summed E-state index contributed by atoms with van der Waals surface area (Å²) in [6, 6.07) is 14.4. The van der Waals surface area contributed by atoms with E-state index in [-0.39, 0.29) is 22.9 Å². The summed E-state index contributed by atoms with van der Waals surface area (Å²) in [5, 5.41) is 5.41. The Labute approximate surface area is 175 Å². The van der Waals surface area contributed by atoms with E-state index in [1.54, 1.807) is 62.4 Å². The van der Waals surface area contributed by atoms with Crippen LogP contribution in [-0.4, -0.2) is 21.6 Å². The molecule has 0 bridgehead atoms. The van der Waals surface area contributed by atoms with Gasteiger partial charge in [-0.25, -0.2) is 9.48 Å². The highest BCUT2D eigenvalue weighted by atomic mass is 16.4. The first-order chi connectivity index (χ1) is 14.9. The van der Waals surface area contributed by atoms with Crippen molar-refractivity contribution >= 4 is 33.6 Å². The molecule has 0 saturated carbocycles. The fourth-order valence-corrected chi connectivity index (χ4v) is 3.18. The van der Waals surface area contributed by atoms with Crippen LogP contribution in [0.15, 0.2) is 68.6 Å². The molecule has 4 rings (SSSR count). The molecule has 31 heavy (non-hydrogen) atoms. The molecule has 9 nitrogen and oxygen atoms in total. The van der Waals surface area contributed by atoms with Crippen LogP contribution in [0.1, 0.15) is 40.7 Å². The van der Waals surface area contributed by atoms with Crippen LogP contribution in [-0.2, 0) is 0 Å². The maximum Gasteiger partial charge on any atom is 0.349 e. The maximum atomic E-state index is 12.8. The number of carbonyl (C=O) groups excluding carboxylic acids is 2. The van der Waals surface area contributed by atoms with E-state index < -0.39 is 17.4 Å². The van der Waals surface area contributed by atoms with Crippen LogP contribution in [0.25, 0.3) is 21.7 Å². The van der Waals surface area contributed by atoms with Crippen LogP contribution in [0.2, 0.25) is 0 Å². The Hall–Kier alpha value is -4.27. The molecule has 2 aromatic heterocycles. The molecule has 0 unspecified atom stereocenters. The molecule has 0 atom stereocenters. The number of para-hydroxylation sites is 1. The number of fused-ring (bicyclic) bond motifs is 2. The SMILES string of the molecule is CC(C)n1nc(C(=O)NNC(=O)c2cc3ccccc3oc2=O)c2ccccc2c1=O. The number of hydrogen-bond acceptors (Lipinski definition) is 6. The second-order valence-corrected chi connectivity index (χ2v) is 7.13. The lowest BCUT2D eigenvalue weighted by Crippen LogP contribution is -2.44. The maximum absolute atomic E-state index is 12.8. The molecule has 2 N–H and O–H groups in total. The number of aromatic nitrogens is 2. The van der Waals surface area contributed by atoms with Gasteiger partial charge >= 0.3 is 5.63 Å². The van der Waals surface area contributed by atoms with Gasteiger partial charge in [0.15, 0.2) is 5.69 Å². The minimum absolute atomic E-state index is 0.0326. The Balaban J connectivity index is 1.64. The summed E-state index contributed by atoms with van der Waals surface area (Å²) in [5.74, 6) is -1.57. The average Bonchev–Trinajstić information content (AvgIpc) is 2.77. The van der Waals surface area contributed by atoms with E-state index in [1.165, 1.54) is 10.7 Å². The van der Waals surface area contributed by atoms with Gasteiger partial charge in [-0.1, -0.05) is 36.4 Å². The molecule has 2 aromatic carbocycles. The van der Waals surface area contributed by atoms with Crippen LogP contribution < -0.4 is 22.0 Å². The molecule has 0 spiro atoms. The third-order valence-corrected chi connectivity index (χ3v) is 4.71. The number of carbonyl (C=O) groups is 2. The molecule has 9 heteroatoms. The highest BCUT2D eigenvalue weighted by Crippen LogP contribution is 2.15. The van der Waals surface area contributed by atoms with Gasteiger partial charge < -0.3 is 4.42 Å². The monoisotopic (exact) mass is 418 g/mol. The predicted octanol–water partition coefficient (Wildman–Crippen LogP) is 2.16. The van der Waals surface area contributed by atoms with Crippen LogP contribution in [0, 0.1) is 0 Å². The lowest BCUT2D eigenvalue weighted by atomic mass is 10.1. The highest BCUT2D eigenvalue weighted by Gasteiger charge is 2.19. The van der Waals surface area contributed by atoms with Crippen molar-refractivity contribution in [2.75, 3.05) is 0 Å². The van der Waals surface area contributed by atoms with Crippen molar-refractivity contribution in [1.29, 1.82) is 0 Å². The van der Waals surface area contributed by atoms with Crippen molar-refractivity contribution < 1.29 is 14.0 Å². The number of amides is 2. The van der Waals surface area contributed by atoms with Crippen molar-refractivity contribution in [2.24, 2.45) is 0 Å². The number of benzene rings is 2. The normalized spacial score (nSPS) is 11.1. The lowest BCUT2D eigenvalue weighted by molar-refractivity contribution is 0.0841. The van der Waals surface area contributed by atoms with E-state index in [0.717, 1.165) is 0 Å². The molecule has 4 aromatic rings. The molecule has 156 valence electrons. The van der Waals surface area contributed by atoms with Crippen molar-refractivity contribution in [1.82, 2.24) is 20.6 Å². The zero-order chi connectivity index (χ0) is 22.1. The number of hydrogen-bond donors (Lipinski definition) is 2. The van der Waals surface area contributed by atoms with Gasteiger partial charge in [0.2, 0.25) is 0 Å². The second kappa shape index (κ2) is 7.86. The van der Waals surface area contributed by atoms with Gasteiger partial charge in [-0.3, -0.25) is 25.2 Å². The van der Waals surface area contributed by atoms with Gasteiger partial charge in [-0.05, 0) is 32.0 Å². The first kappa shape index (κ1) is 20.0. The molecule has 0 saturated heterocycles. The van der Waals surface area contributed by atoms with Gasteiger partial charge in [0.1, 0.15) is 11.1 Å². The Morgan fingerprint density at radius 3 is 2.32 bits per heavy atom. The third kappa shape index (κ3) is 3.68. The lowest BCUT2D eigenvalue weighted by Gasteiger charge is -2.13. The fraction of sp³-hybridized carbons (Fsp3) is 0.136. The van der Waals surface area contributed by atoms with E-state index in [2.05, 4.69) is 16.0 Å². The molecule has 0 aliphatic heterocycles. The summed E-state index contributed by atoms with van der Waals surface area (Å²) < 4.78 is 6.34. The zero-order valence-corrected chi connectivity index (χ0v) is 16.7. The Morgan fingerprint density at radius 2 is 1.58 bits per heavy atom. The van der Waals surface area contributed by atoms with Crippen LogP contribution >= 0.6 is 0 Å². The Bertz CT molecular complexity index is 1450. The number of nitrogens with one attached hydrogen (secondary N) is 2. The van der Waals surface area contributed by atoms with Crippen molar-refractivity contribution in [3.05, 3.63) is 86.6 Å². The summed E-state index contributed by atoms with van der Waals surface area (Å²) in [6.07, 6.45) is 0. The van der Waals surface area contributed by atoms with E-state index in [0.29, 0.717) is 21.7 Å². The van der Waals surface area contributed by atoms with Crippen molar-refractivity contribution in [3.63, 3.8) is 0 Å². The first-order valence-corrected chi connectivity index (χ1v) is 9.52. The molecular weight excluding hydrogens is 400 g/mol. The van der Waals surface area contributed by atoms with Gasteiger partial charge in [0.25, 0.3) is 17.4 Å². The minimum Gasteiger partial charge on any atom is -0.422 e. The summed E-state index contributed by atoms with van der Waals surface area (Å²) in [6.45, 7) is 3.54. The molecule has 2 heterocycles. The molecular formula is C22H18N4O5.